The van der Waals surface area contributed by atoms with E-state index in [-0.39, 0.29) is 17.7 Å². The molecule has 2 rings (SSSR count). The zero-order chi connectivity index (χ0) is 13.0. The van der Waals surface area contributed by atoms with Crippen molar-refractivity contribution in [1.29, 1.82) is 0 Å². The summed E-state index contributed by atoms with van der Waals surface area (Å²) in [7, 11) is 0. The van der Waals surface area contributed by atoms with Gasteiger partial charge in [0.25, 0.3) is 0 Å². The van der Waals surface area contributed by atoms with E-state index < -0.39 is 0 Å². The lowest BCUT2D eigenvalue weighted by Gasteiger charge is -2.32. The summed E-state index contributed by atoms with van der Waals surface area (Å²) in [5, 5.41) is 3.30. The second kappa shape index (κ2) is 5.96. The summed E-state index contributed by atoms with van der Waals surface area (Å²) in [5.74, 6) is 0.113. The van der Waals surface area contributed by atoms with E-state index in [4.69, 9.17) is 4.74 Å². The van der Waals surface area contributed by atoms with Gasteiger partial charge in [0.2, 0.25) is 0 Å². The van der Waals surface area contributed by atoms with E-state index >= 15 is 0 Å². The molecule has 18 heavy (non-hydrogen) atoms. The van der Waals surface area contributed by atoms with Gasteiger partial charge in [0.15, 0.2) is 0 Å². The summed E-state index contributed by atoms with van der Waals surface area (Å²) in [4.78, 5) is 10.9. The number of hydrogen-bond donors (Lipinski definition) is 1. The Kier molecular flexibility index (Phi) is 4.31. The zero-order valence-corrected chi connectivity index (χ0v) is 10.5. The number of benzene rings is 1. The quantitative estimate of drug-likeness (QED) is 0.836. The van der Waals surface area contributed by atoms with Crippen LogP contribution in [-0.2, 0) is 9.53 Å². The van der Waals surface area contributed by atoms with Gasteiger partial charge in [0.1, 0.15) is 5.82 Å². The van der Waals surface area contributed by atoms with E-state index in [0.29, 0.717) is 12.5 Å². The van der Waals surface area contributed by atoms with Gasteiger partial charge in [0.05, 0.1) is 6.61 Å². The van der Waals surface area contributed by atoms with Crippen LogP contribution >= 0.6 is 0 Å². The molecule has 3 nitrogen and oxygen atoms in total. The molecule has 1 saturated heterocycles. The minimum absolute atomic E-state index is 0.218. The molecule has 0 amide bonds. The minimum atomic E-state index is -0.251. The summed E-state index contributed by atoms with van der Waals surface area (Å²) in [5.41, 5.74) is 1.12. The molecule has 1 aromatic rings. The molecule has 0 bridgehead atoms. The fourth-order valence-electron chi connectivity index (χ4n) is 2.47. The first-order valence-corrected chi connectivity index (χ1v) is 6.26. The van der Waals surface area contributed by atoms with Crippen LogP contribution in [0.1, 0.15) is 24.8 Å². The third-order valence-corrected chi connectivity index (χ3v) is 3.41. The smallest absolute Gasteiger partial charge is 0.302 e. The Balaban J connectivity index is 2.07. The number of rotatable bonds is 3. The van der Waals surface area contributed by atoms with Crippen LogP contribution in [-0.4, -0.2) is 25.7 Å². The Morgan fingerprint density at radius 2 is 2.17 bits per heavy atom. The van der Waals surface area contributed by atoms with Gasteiger partial charge in [-0.2, -0.15) is 0 Å². The third-order valence-electron chi connectivity index (χ3n) is 3.41. The van der Waals surface area contributed by atoms with Crippen molar-refractivity contribution in [1.82, 2.24) is 5.32 Å². The van der Waals surface area contributed by atoms with Crippen LogP contribution in [0.25, 0.3) is 0 Å². The summed E-state index contributed by atoms with van der Waals surface area (Å²) in [6.07, 6.45) is 0.984. The number of esters is 1. The van der Waals surface area contributed by atoms with E-state index in [1.54, 1.807) is 0 Å². The molecule has 0 aliphatic carbocycles. The van der Waals surface area contributed by atoms with Crippen molar-refractivity contribution >= 4 is 5.97 Å². The van der Waals surface area contributed by atoms with E-state index in [1.807, 2.05) is 12.1 Å². The lowest BCUT2D eigenvalue weighted by atomic mass is 9.81. The van der Waals surface area contributed by atoms with Crippen molar-refractivity contribution in [2.45, 2.75) is 19.3 Å². The van der Waals surface area contributed by atoms with Gasteiger partial charge in [-0.3, -0.25) is 4.79 Å². The van der Waals surface area contributed by atoms with Crippen molar-refractivity contribution in [2.24, 2.45) is 5.92 Å². The number of carbonyl (C=O) groups is 1. The molecular weight excluding hydrogens is 233 g/mol. The Bertz CT molecular complexity index is 405. The summed E-state index contributed by atoms with van der Waals surface area (Å²) in [6.45, 7) is 3.61. The van der Waals surface area contributed by atoms with Gasteiger partial charge in [-0.05, 0) is 36.6 Å². The second-order valence-electron chi connectivity index (χ2n) is 4.71. The first-order valence-electron chi connectivity index (χ1n) is 6.26. The van der Waals surface area contributed by atoms with Gasteiger partial charge < -0.3 is 10.1 Å². The van der Waals surface area contributed by atoms with E-state index in [1.165, 1.54) is 19.1 Å². The SMILES string of the molecule is CC(=O)OC[C@@H]1CNCC[C@H]1c1ccc(F)cc1. The normalized spacial score (nSPS) is 23.7. The maximum absolute atomic E-state index is 12.9. The number of piperidine rings is 1. The van der Waals surface area contributed by atoms with E-state index in [9.17, 15) is 9.18 Å². The first kappa shape index (κ1) is 13.0. The molecule has 0 unspecified atom stereocenters. The van der Waals surface area contributed by atoms with Crippen molar-refractivity contribution in [3.63, 3.8) is 0 Å². The van der Waals surface area contributed by atoms with Crippen LogP contribution in [0.15, 0.2) is 24.3 Å². The molecule has 0 saturated carbocycles. The van der Waals surface area contributed by atoms with Crippen molar-refractivity contribution in [2.75, 3.05) is 19.7 Å². The maximum Gasteiger partial charge on any atom is 0.302 e. The summed E-state index contributed by atoms with van der Waals surface area (Å²) < 4.78 is 18.0. The summed E-state index contributed by atoms with van der Waals surface area (Å²) >= 11 is 0. The van der Waals surface area contributed by atoms with Gasteiger partial charge in [-0.1, -0.05) is 12.1 Å². The molecule has 1 aliphatic rings. The van der Waals surface area contributed by atoms with E-state index in [0.717, 1.165) is 25.1 Å². The maximum atomic E-state index is 12.9. The van der Waals surface area contributed by atoms with Crippen LogP contribution in [0.3, 0.4) is 0 Å². The predicted octanol–water partition coefficient (Wildman–Crippen LogP) is 2.08. The van der Waals surface area contributed by atoms with Crippen LogP contribution < -0.4 is 5.32 Å². The van der Waals surface area contributed by atoms with Crippen LogP contribution in [0, 0.1) is 11.7 Å². The van der Waals surface area contributed by atoms with Gasteiger partial charge >= 0.3 is 5.97 Å². The van der Waals surface area contributed by atoms with Crippen molar-refractivity contribution < 1.29 is 13.9 Å². The van der Waals surface area contributed by atoms with Crippen molar-refractivity contribution in [3.8, 4) is 0 Å². The molecule has 1 fully saturated rings. The van der Waals surface area contributed by atoms with Crippen LogP contribution in [0.2, 0.25) is 0 Å². The van der Waals surface area contributed by atoms with Crippen LogP contribution in [0.5, 0.6) is 0 Å². The Hall–Kier alpha value is -1.42. The largest absolute Gasteiger partial charge is 0.466 e. The number of nitrogens with one attached hydrogen (secondary N) is 1. The predicted molar refractivity (Wildman–Crippen MR) is 66.8 cm³/mol. The highest BCUT2D eigenvalue weighted by Crippen LogP contribution is 2.30. The Labute approximate surface area is 106 Å². The first-order chi connectivity index (χ1) is 8.66. The molecule has 0 radical (unpaired) electrons. The van der Waals surface area contributed by atoms with Gasteiger partial charge in [-0.15, -0.1) is 0 Å². The lowest BCUT2D eigenvalue weighted by molar-refractivity contribution is -0.142. The third kappa shape index (κ3) is 3.29. The highest BCUT2D eigenvalue weighted by Gasteiger charge is 2.27. The molecule has 1 aliphatic heterocycles. The topological polar surface area (TPSA) is 38.3 Å². The molecule has 2 atom stereocenters. The molecule has 0 aromatic heterocycles. The molecule has 0 spiro atoms. The molecular formula is C14H18FNO2. The standard InChI is InChI=1S/C14H18FNO2/c1-10(17)18-9-12-8-16-7-6-14(12)11-2-4-13(15)5-3-11/h2-5,12,14,16H,6-9H2,1H3/t12-,14-/m0/s1. The molecule has 1 heterocycles. The number of carbonyl (C=O) groups excluding carboxylic acids is 1. The number of ether oxygens (including phenoxy) is 1. The Morgan fingerprint density at radius 1 is 1.44 bits per heavy atom. The molecule has 1 N–H and O–H groups in total. The van der Waals surface area contributed by atoms with E-state index in [2.05, 4.69) is 5.32 Å². The average Bonchev–Trinajstić information content (AvgIpc) is 2.38. The number of hydrogen-bond acceptors (Lipinski definition) is 3. The number of halogens is 1. The summed E-state index contributed by atoms with van der Waals surface area (Å²) in [6, 6.07) is 6.62. The zero-order valence-electron chi connectivity index (χ0n) is 10.5. The molecule has 4 heteroatoms. The highest BCUT2D eigenvalue weighted by atomic mass is 19.1. The van der Waals surface area contributed by atoms with Crippen molar-refractivity contribution in [3.05, 3.63) is 35.6 Å². The van der Waals surface area contributed by atoms with Crippen LogP contribution in [0.4, 0.5) is 4.39 Å². The minimum Gasteiger partial charge on any atom is -0.466 e. The monoisotopic (exact) mass is 251 g/mol. The fraction of sp³-hybridized carbons (Fsp3) is 0.500. The van der Waals surface area contributed by atoms with Gasteiger partial charge in [0, 0.05) is 19.4 Å². The molecule has 1 aromatic carbocycles. The second-order valence-corrected chi connectivity index (χ2v) is 4.71. The Morgan fingerprint density at radius 3 is 2.83 bits per heavy atom. The average molecular weight is 251 g/mol. The highest BCUT2D eigenvalue weighted by molar-refractivity contribution is 5.65. The lowest BCUT2D eigenvalue weighted by Crippen LogP contribution is -2.38. The van der Waals surface area contributed by atoms with Gasteiger partial charge in [-0.25, -0.2) is 4.39 Å². The fourth-order valence-corrected chi connectivity index (χ4v) is 2.47. The molecule has 98 valence electrons.